The molecule has 0 bridgehead atoms. The smallest absolute Gasteiger partial charge is 0.0720 e. The fourth-order valence-corrected chi connectivity index (χ4v) is 2.79. The highest BCUT2D eigenvalue weighted by atomic mass is 16.5. The van der Waals surface area contributed by atoms with Crippen molar-refractivity contribution in [2.45, 2.75) is 58.1 Å². The minimum Gasteiger partial charge on any atom is -0.375 e. The van der Waals surface area contributed by atoms with Crippen molar-refractivity contribution in [2.24, 2.45) is 5.92 Å². The molecule has 1 fully saturated rings. The molecule has 90 valence electrons. The molecule has 0 N–H and O–H groups in total. The van der Waals surface area contributed by atoms with Crippen molar-refractivity contribution in [3.63, 3.8) is 0 Å². The number of ether oxygens (including phenoxy) is 1. The summed E-state index contributed by atoms with van der Waals surface area (Å²) in [4.78, 5) is 2.36. The molecule has 1 saturated carbocycles. The Labute approximate surface area is 95.0 Å². The maximum absolute atomic E-state index is 6.09. The molecule has 0 radical (unpaired) electrons. The van der Waals surface area contributed by atoms with Crippen molar-refractivity contribution in [2.75, 3.05) is 20.7 Å². The molecule has 2 atom stereocenters. The average molecular weight is 213 g/mol. The van der Waals surface area contributed by atoms with Crippen LogP contribution in [0, 0.1) is 5.92 Å². The number of nitrogens with zero attached hydrogens (tertiary/aromatic N) is 1. The third-order valence-electron chi connectivity index (χ3n) is 3.93. The van der Waals surface area contributed by atoms with Crippen LogP contribution in [0.25, 0.3) is 0 Å². The van der Waals surface area contributed by atoms with E-state index in [1.165, 1.54) is 25.7 Å². The summed E-state index contributed by atoms with van der Waals surface area (Å²) in [5.41, 5.74) is 0.141. The first-order chi connectivity index (χ1) is 7.02. The van der Waals surface area contributed by atoms with Gasteiger partial charge in [-0.25, -0.2) is 0 Å². The molecular formula is C13H27NO. The van der Waals surface area contributed by atoms with Crippen LogP contribution >= 0.6 is 0 Å². The fourth-order valence-electron chi connectivity index (χ4n) is 2.79. The van der Waals surface area contributed by atoms with E-state index in [0.29, 0.717) is 12.0 Å². The summed E-state index contributed by atoms with van der Waals surface area (Å²) in [7, 11) is 4.38. The van der Waals surface area contributed by atoms with Crippen LogP contribution in [0.2, 0.25) is 0 Å². The minimum absolute atomic E-state index is 0.141. The second-order valence-corrected chi connectivity index (χ2v) is 5.37. The van der Waals surface area contributed by atoms with Crippen LogP contribution in [0.5, 0.6) is 0 Å². The number of hydrogen-bond donors (Lipinski definition) is 0. The van der Waals surface area contributed by atoms with Gasteiger partial charge in [0.1, 0.15) is 0 Å². The largest absolute Gasteiger partial charge is 0.375 e. The van der Waals surface area contributed by atoms with Crippen LogP contribution in [0.3, 0.4) is 0 Å². The number of hydrogen-bond acceptors (Lipinski definition) is 2. The SMILES string of the molecule is CCOC1(C(C)C)CCCC(N(C)C)C1. The van der Waals surface area contributed by atoms with Crippen LogP contribution in [0.4, 0.5) is 0 Å². The molecule has 0 saturated heterocycles. The van der Waals surface area contributed by atoms with Gasteiger partial charge in [-0.05, 0) is 52.6 Å². The van der Waals surface area contributed by atoms with Crippen molar-refractivity contribution in [1.82, 2.24) is 4.90 Å². The summed E-state index contributed by atoms with van der Waals surface area (Å²) in [5.74, 6) is 0.625. The monoisotopic (exact) mass is 213 g/mol. The Balaban J connectivity index is 2.71. The number of rotatable bonds is 4. The Morgan fingerprint density at radius 3 is 2.53 bits per heavy atom. The van der Waals surface area contributed by atoms with Gasteiger partial charge in [-0.3, -0.25) is 0 Å². The summed E-state index contributed by atoms with van der Waals surface area (Å²) in [6, 6.07) is 0.702. The van der Waals surface area contributed by atoms with Gasteiger partial charge < -0.3 is 9.64 Å². The molecule has 0 aromatic heterocycles. The van der Waals surface area contributed by atoms with Crippen molar-refractivity contribution in [3.05, 3.63) is 0 Å². The lowest BCUT2D eigenvalue weighted by molar-refractivity contribution is -0.110. The van der Waals surface area contributed by atoms with Gasteiger partial charge in [0.05, 0.1) is 5.60 Å². The van der Waals surface area contributed by atoms with Gasteiger partial charge in [-0.2, -0.15) is 0 Å². The molecule has 2 heteroatoms. The van der Waals surface area contributed by atoms with Gasteiger partial charge in [0, 0.05) is 12.6 Å². The van der Waals surface area contributed by atoms with Gasteiger partial charge in [-0.1, -0.05) is 13.8 Å². The molecule has 0 spiro atoms. The first kappa shape index (κ1) is 13.0. The summed E-state index contributed by atoms with van der Waals surface area (Å²) < 4.78 is 6.09. The van der Waals surface area contributed by atoms with Crippen LogP contribution in [-0.4, -0.2) is 37.2 Å². The highest BCUT2D eigenvalue weighted by molar-refractivity contribution is 4.93. The van der Waals surface area contributed by atoms with Gasteiger partial charge in [-0.15, -0.1) is 0 Å². The quantitative estimate of drug-likeness (QED) is 0.712. The van der Waals surface area contributed by atoms with E-state index >= 15 is 0 Å². The lowest BCUT2D eigenvalue weighted by atomic mass is 9.74. The van der Waals surface area contributed by atoms with Crippen LogP contribution in [0.15, 0.2) is 0 Å². The fraction of sp³-hybridized carbons (Fsp3) is 1.00. The maximum Gasteiger partial charge on any atom is 0.0720 e. The van der Waals surface area contributed by atoms with Gasteiger partial charge in [0.25, 0.3) is 0 Å². The normalized spacial score (nSPS) is 32.6. The van der Waals surface area contributed by atoms with E-state index in [0.717, 1.165) is 6.61 Å². The summed E-state index contributed by atoms with van der Waals surface area (Å²) in [6.07, 6.45) is 5.07. The van der Waals surface area contributed by atoms with E-state index in [9.17, 15) is 0 Å². The summed E-state index contributed by atoms with van der Waals surface area (Å²) in [5, 5.41) is 0. The predicted octanol–water partition coefficient (Wildman–Crippen LogP) is 2.92. The minimum atomic E-state index is 0.141. The first-order valence-electron chi connectivity index (χ1n) is 6.32. The molecule has 15 heavy (non-hydrogen) atoms. The van der Waals surface area contributed by atoms with E-state index in [1.807, 2.05) is 0 Å². The molecule has 0 aliphatic heterocycles. The van der Waals surface area contributed by atoms with E-state index in [4.69, 9.17) is 4.74 Å². The standard InChI is InChI=1S/C13H27NO/c1-6-15-13(11(2)3)9-7-8-12(10-13)14(4)5/h11-12H,6-10H2,1-5H3. The topological polar surface area (TPSA) is 12.5 Å². The molecule has 0 heterocycles. The first-order valence-corrected chi connectivity index (χ1v) is 6.32. The Bertz CT molecular complexity index is 187. The zero-order chi connectivity index (χ0) is 11.5. The molecule has 2 unspecified atom stereocenters. The van der Waals surface area contributed by atoms with Crippen molar-refractivity contribution >= 4 is 0 Å². The van der Waals surface area contributed by atoms with Gasteiger partial charge in [0.2, 0.25) is 0 Å². The summed E-state index contributed by atoms with van der Waals surface area (Å²) >= 11 is 0. The summed E-state index contributed by atoms with van der Waals surface area (Å²) in [6.45, 7) is 7.56. The van der Waals surface area contributed by atoms with Crippen molar-refractivity contribution in [1.29, 1.82) is 0 Å². The second kappa shape index (κ2) is 5.31. The zero-order valence-corrected chi connectivity index (χ0v) is 11.0. The van der Waals surface area contributed by atoms with Crippen molar-refractivity contribution < 1.29 is 4.74 Å². The third-order valence-corrected chi connectivity index (χ3v) is 3.93. The van der Waals surface area contributed by atoms with Crippen LogP contribution < -0.4 is 0 Å². The third kappa shape index (κ3) is 2.94. The van der Waals surface area contributed by atoms with E-state index < -0.39 is 0 Å². The average Bonchev–Trinajstić information content (AvgIpc) is 2.18. The molecular weight excluding hydrogens is 186 g/mol. The Morgan fingerprint density at radius 1 is 1.40 bits per heavy atom. The highest BCUT2D eigenvalue weighted by Crippen LogP contribution is 2.38. The molecule has 0 aromatic carbocycles. The van der Waals surface area contributed by atoms with Gasteiger partial charge in [0.15, 0.2) is 0 Å². The molecule has 1 rings (SSSR count). The predicted molar refractivity (Wildman–Crippen MR) is 65.1 cm³/mol. The van der Waals surface area contributed by atoms with Crippen LogP contribution in [0.1, 0.15) is 46.5 Å². The molecule has 2 nitrogen and oxygen atoms in total. The molecule has 1 aliphatic carbocycles. The highest BCUT2D eigenvalue weighted by Gasteiger charge is 2.40. The second-order valence-electron chi connectivity index (χ2n) is 5.37. The zero-order valence-electron chi connectivity index (χ0n) is 11.0. The van der Waals surface area contributed by atoms with Crippen molar-refractivity contribution in [3.8, 4) is 0 Å². The Hall–Kier alpha value is -0.0800. The Kier molecular flexibility index (Phi) is 4.60. The van der Waals surface area contributed by atoms with Gasteiger partial charge >= 0.3 is 0 Å². The maximum atomic E-state index is 6.09. The lowest BCUT2D eigenvalue weighted by Crippen LogP contribution is -2.48. The Morgan fingerprint density at radius 2 is 2.07 bits per heavy atom. The lowest BCUT2D eigenvalue weighted by Gasteiger charge is -2.45. The van der Waals surface area contributed by atoms with E-state index in [-0.39, 0.29) is 5.60 Å². The molecule has 0 aromatic rings. The molecule has 1 aliphatic rings. The molecule has 0 amide bonds. The van der Waals surface area contributed by atoms with E-state index in [1.54, 1.807) is 0 Å². The van der Waals surface area contributed by atoms with Crippen LogP contribution in [-0.2, 0) is 4.74 Å². The van der Waals surface area contributed by atoms with E-state index in [2.05, 4.69) is 39.8 Å².